The van der Waals surface area contributed by atoms with Crippen molar-refractivity contribution >= 4 is 45.0 Å². The van der Waals surface area contributed by atoms with E-state index in [0.717, 1.165) is 14.9 Å². The number of carbonyl (C=O) groups is 4. The van der Waals surface area contributed by atoms with Crippen molar-refractivity contribution in [2.75, 3.05) is 4.90 Å². The van der Waals surface area contributed by atoms with Gasteiger partial charge in [-0.2, -0.15) is 0 Å². The van der Waals surface area contributed by atoms with Crippen molar-refractivity contribution in [2.24, 2.45) is 11.8 Å². The lowest BCUT2D eigenvalue weighted by Gasteiger charge is -2.27. The molecule has 2 saturated heterocycles. The monoisotopic (exact) mass is 515 g/mol. The molecule has 3 aromatic rings. The number of aryl methyl sites for hydroxylation is 1. The fourth-order valence-corrected chi connectivity index (χ4v) is 5.68. The zero-order chi connectivity index (χ0) is 23.8. The number of ether oxygens (including phenoxy) is 1. The Morgan fingerprint density at radius 1 is 0.794 bits per heavy atom. The zero-order valence-electron chi connectivity index (χ0n) is 18.0. The fraction of sp³-hybridized carbons (Fsp3) is 0.185. The number of rotatable bonds is 2. The predicted molar refractivity (Wildman–Crippen MR) is 126 cm³/mol. The number of nitrogens with zero attached hydrogens (tertiary/aromatic N) is 1. The van der Waals surface area contributed by atoms with Gasteiger partial charge in [0.05, 0.1) is 23.6 Å². The molecule has 0 unspecified atom stereocenters. The highest BCUT2D eigenvalue weighted by molar-refractivity contribution is 9.10. The highest BCUT2D eigenvalue weighted by Crippen LogP contribution is 2.57. The second-order valence-electron chi connectivity index (χ2n) is 8.88. The maximum atomic E-state index is 13.8. The minimum Gasteiger partial charge on any atom is -0.349 e. The molecule has 3 aromatic carbocycles. The van der Waals surface area contributed by atoms with E-state index in [1.807, 2.05) is 31.2 Å². The molecule has 6 rings (SSSR count). The maximum absolute atomic E-state index is 13.8. The Morgan fingerprint density at radius 2 is 1.38 bits per heavy atom. The van der Waals surface area contributed by atoms with Gasteiger partial charge in [0.2, 0.25) is 29.0 Å². The van der Waals surface area contributed by atoms with Crippen LogP contribution in [0.25, 0.3) is 0 Å². The van der Waals surface area contributed by atoms with Gasteiger partial charge in [-0.15, -0.1) is 0 Å². The van der Waals surface area contributed by atoms with E-state index < -0.39 is 46.9 Å². The highest BCUT2D eigenvalue weighted by Gasteiger charge is 2.74. The van der Waals surface area contributed by atoms with Crippen LogP contribution in [-0.4, -0.2) is 29.0 Å². The summed E-state index contributed by atoms with van der Waals surface area (Å²) in [7, 11) is 0. The van der Waals surface area contributed by atoms with Crippen LogP contribution in [0, 0.1) is 18.8 Å². The lowest BCUT2D eigenvalue weighted by atomic mass is 9.77. The molecule has 2 fully saturated rings. The smallest absolute Gasteiger partial charge is 0.241 e. The Kier molecular flexibility index (Phi) is 4.53. The number of benzene rings is 3. The number of anilines is 1. The first kappa shape index (κ1) is 21.1. The highest BCUT2D eigenvalue weighted by atomic mass is 79.9. The molecule has 168 valence electrons. The van der Waals surface area contributed by atoms with Gasteiger partial charge in [0, 0.05) is 15.6 Å². The Balaban J connectivity index is 1.54. The van der Waals surface area contributed by atoms with Crippen LogP contribution >= 0.6 is 15.9 Å². The largest absolute Gasteiger partial charge is 0.349 e. The second kappa shape index (κ2) is 7.29. The average molecular weight is 516 g/mol. The SMILES string of the molecule is Cc1ccc([C@H]2OC3(C(=O)c4ccccc4C3=O)[C@@H]3C(=O)N(c4ccc(Br)cc4)C(=O)[C@@H]23)cc1. The van der Waals surface area contributed by atoms with Crippen LogP contribution < -0.4 is 4.90 Å². The van der Waals surface area contributed by atoms with Gasteiger partial charge in [-0.25, -0.2) is 4.90 Å². The van der Waals surface area contributed by atoms with Gasteiger partial charge < -0.3 is 4.74 Å². The summed E-state index contributed by atoms with van der Waals surface area (Å²) in [6.07, 6.45) is -0.912. The Hall–Kier alpha value is -3.42. The molecule has 3 aliphatic rings. The molecular weight excluding hydrogens is 498 g/mol. The maximum Gasteiger partial charge on any atom is 0.241 e. The van der Waals surface area contributed by atoms with Gasteiger partial charge in [-0.05, 0) is 36.8 Å². The van der Waals surface area contributed by atoms with E-state index in [2.05, 4.69) is 15.9 Å². The van der Waals surface area contributed by atoms with Crippen molar-refractivity contribution in [2.45, 2.75) is 18.6 Å². The molecule has 0 N–H and O–H groups in total. The number of hydrogen-bond acceptors (Lipinski definition) is 5. The van der Waals surface area contributed by atoms with E-state index in [9.17, 15) is 19.2 Å². The summed E-state index contributed by atoms with van der Waals surface area (Å²) in [6, 6.07) is 20.6. The van der Waals surface area contributed by atoms with Gasteiger partial charge in [-0.1, -0.05) is 70.0 Å². The molecule has 1 spiro atoms. The quantitative estimate of drug-likeness (QED) is 0.372. The third-order valence-electron chi connectivity index (χ3n) is 7.01. The molecule has 34 heavy (non-hydrogen) atoms. The first-order valence-corrected chi connectivity index (χ1v) is 11.7. The van der Waals surface area contributed by atoms with Crippen LogP contribution in [0.15, 0.2) is 77.3 Å². The minimum absolute atomic E-state index is 0.221. The van der Waals surface area contributed by atoms with Crippen LogP contribution in [0.5, 0.6) is 0 Å². The van der Waals surface area contributed by atoms with Gasteiger partial charge in [0.1, 0.15) is 0 Å². The molecular formula is C27H18BrNO5. The molecule has 0 aromatic heterocycles. The molecule has 2 aliphatic heterocycles. The van der Waals surface area contributed by atoms with Crippen molar-refractivity contribution in [3.63, 3.8) is 0 Å². The van der Waals surface area contributed by atoms with Gasteiger partial charge in [0.25, 0.3) is 0 Å². The zero-order valence-corrected chi connectivity index (χ0v) is 19.6. The van der Waals surface area contributed by atoms with Crippen LogP contribution in [-0.2, 0) is 14.3 Å². The summed E-state index contributed by atoms with van der Waals surface area (Å²) in [6.45, 7) is 1.93. The Morgan fingerprint density at radius 3 is 1.97 bits per heavy atom. The fourth-order valence-electron chi connectivity index (χ4n) is 5.42. The summed E-state index contributed by atoms with van der Waals surface area (Å²) < 4.78 is 7.07. The molecule has 6 nitrogen and oxygen atoms in total. The van der Waals surface area contributed by atoms with E-state index in [1.54, 1.807) is 48.5 Å². The Bertz CT molecular complexity index is 1360. The van der Waals surface area contributed by atoms with Gasteiger partial charge >= 0.3 is 0 Å². The Labute approximate surface area is 203 Å². The summed E-state index contributed by atoms with van der Waals surface area (Å²) in [5, 5.41) is 0. The first-order chi connectivity index (χ1) is 16.3. The standard InChI is InChI=1S/C27H18BrNO5/c1-14-6-8-15(9-7-14)22-20-21(26(33)29(25(20)32)17-12-10-16(28)11-13-17)27(34-22)23(30)18-4-2-3-5-19(18)24(27)31/h2-13,20-22H,1H3/t20-,21+,22-/m1/s1. The van der Waals surface area contributed by atoms with E-state index in [0.29, 0.717) is 11.3 Å². The normalized spacial score (nSPS) is 24.8. The van der Waals surface area contributed by atoms with Crippen LogP contribution in [0.2, 0.25) is 0 Å². The first-order valence-electron chi connectivity index (χ1n) is 10.9. The number of ketones is 2. The third kappa shape index (κ3) is 2.65. The van der Waals surface area contributed by atoms with Crippen LogP contribution in [0.4, 0.5) is 5.69 Å². The summed E-state index contributed by atoms with van der Waals surface area (Å²) >= 11 is 3.36. The van der Waals surface area contributed by atoms with Crippen molar-refractivity contribution in [1.82, 2.24) is 0 Å². The summed E-state index contributed by atoms with van der Waals surface area (Å²) in [4.78, 5) is 56.1. The van der Waals surface area contributed by atoms with Crippen molar-refractivity contribution in [3.05, 3.63) is 99.5 Å². The number of imide groups is 1. The van der Waals surface area contributed by atoms with Crippen LogP contribution in [0.3, 0.4) is 0 Å². The molecule has 2 amide bonds. The van der Waals surface area contributed by atoms with Gasteiger partial charge in [0.15, 0.2) is 0 Å². The topological polar surface area (TPSA) is 80.8 Å². The number of hydrogen-bond donors (Lipinski definition) is 0. The summed E-state index contributed by atoms with van der Waals surface area (Å²) in [5.41, 5.74) is 0.435. The second-order valence-corrected chi connectivity index (χ2v) is 9.80. The lowest BCUT2D eigenvalue weighted by molar-refractivity contribution is -0.127. The van der Waals surface area contributed by atoms with E-state index >= 15 is 0 Å². The van der Waals surface area contributed by atoms with Crippen LogP contribution in [0.1, 0.15) is 37.9 Å². The number of Topliss-reactive ketones (excluding diaryl/α,β-unsaturated/α-hetero) is 2. The van der Waals surface area contributed by atoms with E-state index in [-0.39, 0.29) is 11.1 Å². The average Bonchev–Trinajstić information content (AvgIpc) is 3.40. The number of halogens is 1. The number of amides is 2. The molecule has 3 atom stereocenters. The minimum atomic E-state index is -2.05. The molecule has 0 saturated carbocycles. The molecule has 7 heteroatoms. The molecule has 2 heterocycles. The molecule has 0 radical (unpaired) electrons. The molecule has 0 bridgehead atoms. The van der Waals surface area contributed by atoms with Crippen molar-refractivity contribution in [1.29, 1.82) is 0 Å². The van der Waals surface area contributed by atoms with E-state index in [4.69, 9.17) is 4.74 Å². The van der Waals surface area contributed by atoms with E-state index in [1.165, 1.54) is 0 Å². The summed E-state index contributed by atoms with van der Waals surface area (Å²) in [5.74, 6) is -4.44. The number of fused-ring (bicyclic) bond motifs is 3. The van der Waals surface area contributed by atoms with Gasteiger partial charge in [-0.3, -0.25) is 19.2 Å². The lowest BCUT2D eigenvalue weighted by Crippen LogP contribution is -2.51. The number of carbonyl (C=O) groups excluding carboxylic acids is 4. The van der Waals surface area contributed by atoms with Crippen molar-refractivity contribution in [3.8, 4) is 0 Å². The predicted octanol–water partition coefficient (Wildman–Crippen LogP) is 4.45. The van der Waals surface area contributed by atoms with Crippen molar-refractivity contribution < 1.29 is 23.9 Å². The third-order valence-corrected chi connectivity index (χ3v) is 7.54. The molecule has 1 aliphatic carbocycles.